The van der Waals surface area contributed by atoms with Gasteiger partial charge in [-0.15, -0.1) is 0 Å². The number of anilines is 1. The Morgan fingerprint density at radius 2 is 2.08 bits per heavy atom. The standard InChI is InChI=1S/C18H20N4O2S/c1-3-11(2)15(21-16(23)12-8-9-25-10-12)17(24)22-18-19-13-6-4-5-7-14(13)20-18/h4-11,15H,3H2,1-2H3,(H,21,23)(H2,19,20,22,24)/t11-,15+/m0/s1. The second-order valence-corrected chi connectivity index (χ2v) is 6.72. The molecule has 130 valence electrons. The van der Waals surface area contributed by atoms with Crippen LogP contribution in [0.1, 0.15) is 30.6 Å². The van der Waals surface area contributed by atoms with E-state index < -0.39 is 6.04 Å². The Labute approximate surface area is 149 Å². The van der Waals surface area contributed by atoms with Crippen LogP contribution in [0.5, 0.6) is 0 Å². The fourth-order valence-corrected chi connectivity index (χ4v) is 3.16. The molecule has 0 aliphatic rings. The maximum absolute atomic E-state index is 12.7. The molecule has 2 atom stereocenters. The zero-order valence-corrected chi connectivity index (χ0v) is 14.9. The molecule has 7 heteroatoms. The predicted molar refractivity (Wildman–Crippen MR) is 99.8 cm³/mol. The maximum atomic E-state index is 12.7. The van der Waals surface area contributed by atoms with Crippen LogP contribution in [0.3, 0.4) is 0 Å². The summed E-state index contributed by atoms with van der Waals surface area (Å²) in [6.07, 6.45) is 0.766. The average molecular weight is 356 g/mol. The molecule has 1 aromatic carbocycles. The molecule has 2 amide bonds. The summed E-state index contributed by atoms with van der Waals surface area (Å²) < 4.78 is 0. The first-order valence-electron chi connectivity index (χ1n) is 8.17. The fourth-order valence-electron chi connectivity index (χ4n) is 2.53. The number of benzene rings is 1. The molecular weight excluding hydrogens is 336 g/mol. The Balaban J connectivity index is 1.75. The van der Waals surface area contributed by atoms with Crippen LogP contribution in [-0.2, 0) is 4.79 Å². The zero-order valence-electron chi connectivity index (χ0n) is 14.1. The van der Waals surface area contributed by atoms with Crippen LogP contribution in [0.4, 0.5) is 5.95 Å². The Hall–Kier alpha value is -2.67. The second kappa shape index (κ2) is 7.48. The lowest BCUT2D eigenvalue weighted by Crippen LogP contribution is -2.47. The third kappa shape index (κ3) is 3.88. The molecular formula is C18H20N4O2S. The number of H-pyrrole nitrogens is 1. The van der Waals surface area contributed by atoms with Crippen LogP contribution < -0.4 is 10.6 Å². The molecule has 3 aromatic rings. The van der Waals surface area contributed by atoms with E-state index in [9.17, 15) is 9.59 Å². The first kappa shape index (κ1) is 17.2. The smallest absolute Gasteiger partial charge is 0.252 e. The number of nitrogens with zero attached hydrogens (tertiary/aromatic N) is 1. The molecule has 0 unspecified atom stereocenters. The number of hydrogen-bond acceptors (Lipinski definition) is 4. The van der Waals surface area contributed by atoms with E-state index in [-0.39, 0.29) is 17.7 Å². The highest BCUT2D eigenvalue weighted by atomic mass is 32.1. The first-order chi connectivity index (χ1) is 12.1. The summed E-state index contributed by atoms with van der Waals surface area (Å²) in [7, 11) is 0. The Kier molecular flexibility index (Phi) is 5.14. The number of nitrogens with one attached hydrogen (secondary N) is 3. The van der Waals surface area contributed by atoms with Crippen molar-refractivity contribution in [3.8, 4) is 0 Å². The summed E-state index contributed by atoms with van der Waals surface area (Å²) in [5, 5.41) is 9.22. The molecule has 6 nitrogen and oxygen atoms in total. The molecule has 3 N–H and O–H groups in total. The summed E-state index contributed by atoms with van der Waals surface area (Å²) in [5.41, 5.74) is 2.19. The lowest BCUT2D eigenvalue weighted by molar-refractivity contribution is -0.119. The van der Waals surface area contributed by atoms with Crippen molar-refractivity contribution in [2.45, 2.75) is 26.3 Å². The number of rotatable bonds is 6. The lowest BCUT2D eigenvalue weighted by Gasteiger charge is -2.22. The Bertz CT molecular complexity index is 839. The van der Waals surface area contributed by atoms with Crippen LogP contribution in [-0.4, -0.2) is 27.8 Å². The number of carbonyl (C=O) groups is 2. The van der Waals surface area contributed by atoms with E-state index in [0.717, 1.165) is 17.5 Å². The molecule has 0 fully saturated rings. The number of aromatic amines is 1. The Morgan fingerprint density at radius 3 is 2.76 bits per heavy atom. The van der Waals surface area contributed by atoms with Crippen molar-refractivity contribution >= 4 is 40.1 Å². The average Bonchev–Trinajstić information content (AvgIpc) is 3.27. The molecule has 0 saturated heterocycles. The normalized spacial score (nSPS) is 13.4. The largest absolute Gasteiger partial charge is 0.340 e. The minimum atomic E-state index is -0.634. The number of carbonyl (C=O) groups excluding carboxylic acids is 2. The number of para-hydroxylation sites is 2. The third-order valence-electron chi connectivity index (χ3n) is 4.20. The van der Waals surface area contributed by atoms with Crippen LogP contribution >= 0.6 is 11.3 Å². The van der Waals surface area contributed by atoms with E-state index in [1.807, 2.05) is 43.5 Å². The molecule has 2 heterocycles. The van der Waals surface area contributed by atoms with Gasteiger partial charge in [0, 0.05) is 5.38 Å². The molecule has 3 rings (SSSR count). The van der Waals surface area contributed by atoms with E-state index in [1.54, 1.807) is 11.4 Å². The van der Waals surface area contributed by atoms with Crippen molar-refractivity contribution in [2.75, 3.05) is 5.32 Å². The molecule has 2 aromatic heterocycles. The Morgan fingerprint density at radius 1 is 1.28 bits per heavy atom. The van der Waals surface area contributed by atoms with E-state index in [4.69, 9.17) is 0 Å². The van der Waals surface area contributed by atoms with Gasteiger partial charge < -0.3 is 10.3 Å². The number of thiophene rings is 1. The van der Waals surface area contributed by atoms with Crippen molar-refractivity contribution in [3.05, 3.63) is 46.7 Å². The van der Waals surface area contributed by atoms with E-state index >= 15 is 0 Å². The van der Waals surface area contributed by atoms with Gasteiger partial charge in [0.05, 0.1) is 16.6 Å². The number of amides is 2. The van der Waals surface area contributed by atoms with E-state index in [0.29, 0.717) is 11.5 Å². The monoisotopic (exact) mass is 356 g/mol. The zero-order chi connectivity index (χ0) is 17.8. The summed E-state index contributed by atoms with van der Waals surface area (Å²) in [6.45, 7) is 3.93. The summed E-state index contributed by atoms with van der Waals surface area (Å²) in [6, 6.07) is 8.65. The molecule has 0 radical (unpaired) electrons. The summed E-state index contributed by atoms with van der Waals surface area (Å²) >= 11 is 1.45. The van der Waals surface area contributed by atoms with Crippen molar-refractivity contribution in [1.82, 2.24) is 15.3 Å². The van der Waals surface area contributed by atoms with Gasteiger partial charge in [-0.25, -0.2) is 4.98 Å². The van der Waals surface area contributed by atoms with Gasteiger partial charge >= 0.3 is 0 Å². The summed E-state index contributed by atoms with van der Waals surface area (Å²) in [5.74, 6) is -0.153. The van der Waals surface area contributed by atoms with Gasteiger partial charge in [0.1, 0.15) is 6.04 Å². The molecule has 0 saturated carbocycles. The highest BCUT2D eigenvalue weighted by Crippen LogP contribution is 2.16. The van der Waals surface area contributed by atoms with Gasteiger partial charge in [0.2, 0.25) is 11.9 Å². The number of fused-ring (bicyclic) bond motifs is 1. The lowest BCUT2D eigenvalue weighted by atomic mass is 9.98. The topological polar surface area (TPSA) is 86.9 Å². The van der Waals surface area contributed by atoms with Crippen LogP contribution in [0, 0.1) is 5.92 Å². The van der Waals surface area contributed by atoms with Crippen molar-refractivity contribution in [2.24, 2.45) is 5.92 Å². The maximum Gasteiger partial charge on any atom is 0.252 e. The molecule has 0 bridgehead atoms. The van der Waals surface area contributed by atoms with E-state index in [1.165, 1.54) is 11.3 Å². The number of hydrogen-bond donors (Lipinski definition) is 3. The summed E-state index contributed by atoms with van der Waals surface area (Å²) in [4.78, 5) is 32.5. The van der Waals surface area contributed by atoms with E-state index in [2.05, 4.69) is 20.6 Å². The number of imidazole rings is 1. The fraction of sp³-hybridized carbons (Fsp3) is 0.278. The van der Waals surface area contributed by atoms with Crippen LogP contribution in [0.2, 0.25) is 0 Å². The molecule has 25 heavy (non-hydrogen) atoms. The number of aromatic nitrogens is 2. The second-order valence-electron chi connectivity index (χ2n) is 5.94. The van der Waals surface area contributed by atoms with Crippen molar-refractivity contribution < 1.29 is 9.59 Å². The van der Waals surface area contributed by atoms with Gasteiger partial charge in [-0.3, -0.25) is 14.9 Å². The van der Waals surface area contributed by atoms with Crippen molar-refractivity contribution in [1.29, 1.82) is 0 Å². The van der Waals surface area contributed by atoms with Crippen molar-refractivity contribution in [3.63, 3.8) is 0 Å². The predicted octanol–water partition coefficient (Wildman–Crippen LogP) is 3.41. The minimum Gasteiger partial charge on any atom is -0.340 e. The quantitative estimate of drug-likeness (QED) is 0.632. The molecule has 0 aliphatic carbocycles. The molecule has 0 aliphatic heterocycles. The first-order valence-corrected chi connectivity index (χ1v) is 9.11. The highest BCUT2D eigenvalue weighted by Gasteiger charge is 2.27. The van der Waals surface area contributed by atoms with Gasteiger partial charge in [-0.1, -0.05) is 32.4 Å². The SMILES string of the molecule is CC[C@H](C)[C@@H](NC(=O)c1ccsc1)C(=O)Nc1nc2ccccc2[nH]1. The molecule has 0 spiro atoms. The van der Waals surface area contributed by atoms with Gasteiger partial charge in [-0.2, -0.15) is 11.3 Å². The highest BCUT2D eigenvalue weighted by molar-refractivity contribution is 7.08. The van der Waals surface area contributed by atoms with Crippen LogP contribution in [0.15, 0.2) is 41.1 Å². The van der Waals surface area contributed by atoms with Gasteiger partial charge in [-0.05, 0) is 29.5 Å². The minimum absolute atomic E-state index is 0.00744. The van der Waals surface area contributed by atoms with Gasteiger partial charge in [0.15, 0.2) is 0 Å². The third-order valence-corrected chi connectivity index (χ3v) is 4.88. The van der Waals surface area contributed by atoms with Crippen LogP contribution in [0.25, 0.3) is 11.0 Å². The van der Waals surface area contributed by atoms with Gasteiger partial charge in [0.25, 0.3) is 5.91 Å².